The van der Waals surface area contributed by atoms with Crippen molar-refractivity contribution < 1.29 is 0 Å². The first kappa shape index (κ1) is 13.4. The van der Waals surface area contributed by atoms with Crippen LogP contribution in [0.25, 0.3) is 0 Å². The summed E-state index contributed by atoms with van der Waals surface area (Å²) in [6.45, 7) is 2.75. The lowest BCUT2D eigenvalue weighted by Gasteiger charge is -2.19. The molecule has 4 heteroatoms. The predicted molar refractivity (Wildman–Crippen MR) is 77.2 cm³/mol. The largest absolute Gasteiger partial charge is 0.354 e. The minimum atomic E-state index is 0.402. The van der Waals surface area contributed by atoms with E-state index in [2.05, 4.69) is 42.2 Å². The van der Waals surface area contributed by atoms with Crippen molar-refractivity contribution in [2.45, 2.75) is 13.5 Å². The van der Waals surface area contributed by atoms with E-state index in [1.165, 1.54) is 11.1 Å². The Morgan fingerprint density at radius 2 is 1.95 bits per heavy atom. The molecule has 0 fully saturated rings. The van der Waals surface area contributed by atoms with Crippen molar-refractivity contribution >= 4 is 17.4 Å². The van der Waals surface area contributed by atoms with E-state index in [1.807, 2.05) is 11.9 Å². The number of aromatic nitrogens is 1. The molecule has 1 heterocycles. The molecule has 1 aromatic carbocycles. The molecule has 2 rings (SSSR count). The molecule has 0 bridgehead atoms. The second kappa shape index (κ2) is 5.73. The first-order chi connectivity index (χ1) is 9.11. The van der Waals surface area contributed by atoms with Crippen LogP contribution in [0.15, 0.2) is 36.5 Å². The quantitative estimate of drug-likeness (QED) is 0.857. The van der Waals surface area contributed by atoms with E-state index in [0.29, 0.717) is 22.9 Å². The van der Waals surface area contributed by atoms with Crippen molar-refractivity contribution in [2.24, 2.45) is 0 Å². The molecule has 19 heavy (non-hydrogen) atoms. The van der Waals surface area contributed by atoms with Crippen LogP contribution in [0.1, 0.15) is 16.7 Å². The van der Waals surface area contributed by atoms with E-state index in [9.17, 15) is 0 Å². The first-order valence-corrected chi connectivity index (χ1v) is 6.31. The number of nitrogens with zero attached hydrogens (tertiary/aromatic N) is 3. The van der Waals surface area contributed by atoms with Gasteiger partial charge in [-0.1, -0.05) is 41.4 Å². The highest BCUT2D eigenvalue weighted by atomic mass is 35.5. The number of hydrogen-bond acceptors (Lipinski definition) is 3. The average Bonchev–Trinajstić information content (AvgIpc) is 2.41. The molecule has 0 radical (unpaired) electrons. The Bertz CT molecular complexity index is 614. The summed E-state index contributed by atoms with van der Waals surface area (Å²) in [5.41, 5.74) is 2.85. The Morgan fingerprint density at radius 1 is 1.26 bits per heavy atom. The smallest absolute Gasteiger partial charge is 0.148 e. The molecule has 0 aliphatic carbocycles. The maximum atomic E-state index is 8.96. The van der Waals surface area contributed by atoms with Gasteiger partial charge in [-0.25, -0.2) is 4.98 Å². The van der Waals surface area contributed by atoms with E-state index >= 15 is 0 Å². The van der Waals surface area contributed by atoms with Gasteiger partial charge < -0.3 is 4.90 Å². The van der Waals surface area contributed by atoms with Crippen LogP contribution in [-0.4, -0.2) is 12.0 Å². The third-order valence-corrected chi connectivity index (χ3v) is 3.27. The molecule has 0 aliphatic rings. The fourth-order valence-electron chi connectivity index (χ4n) is 1.83. The summed E-state index contributed by atoms with van der Waals surface area (Å²) in [5, 5.41) is 9.37. The summed E-state index contributed by atoms with van der Waals surface area (Å²) in [4.78, 5) is 6.18. The van der Waals surface area contributed by atoms with Crippen molar-refractivity contribution in [1.82, 2.24) is 4.98 Å². The summed E-state index contributed by atoms with van der Waals surface area (Å²) in [5.74, 6) is 0.626. The topological polar surface area (TPSA) is 39.9 Å². The third kappa shape index (κ3) is 3.04. The monoisotopic (exact) mass is 271 g/mol. The Labute approximate surface area is 118 Å². The van der Waals surface area contributed by atoms with Crippen LogP contribution < -0.4 is 4.90 Å². The van der Waals surface area contributed by atoms with Gasteiger partial charge in [0.15, 0.2) is 0 Å². The number of rotatable bonds is 3. The number of nitriles is 1. The van der Waals surface area contributed by atoms with E-state index < -0.39 is 0 Å². The molecule has 0 N–H and O–H groups in total. The summed E-state index contributed by atoms with van der Waals surface area (Å²) < 4.78 is 0. The molecule has 0 saturated heterocycles. The first-order valence-electron chi connectivity index (χ1n) is 5.93. The number of anilines is 1. The standard InChI is InChI=1S/C15H14ClN3/c1-11-3-5-12(6-4-11)10-19(2)15-14(16)13(9-17)7-8-18-15/h3-8H,10H2,1-2H3. The summed E-state index contributed by atoms with van der Waals surface area (Å²) in [6.07, 6.45) is 1.60. The average molecular weight is 272 g/mol. The van der Waals surface area contributed by atoms with Crippen LogP contribution in [0.5, 0.6) is 0 Å². The van der Waals surface area contributed by atoms with Crippen LogP contribution in [0.3, 0.4) is 0 Å². The number of halogens is 1. The molecule has 0 saturated carbocycles. The highest BCUT2D eigenvalue weighted by Gasteiger charge is 2.11. The molecule has 0 atom stereocenters. The van der Waals surface area contributed by atoms with Crippen molar-refractivity contribution in [3.63, 3.8) is 0 Å². The van der Waals surface area contributed by atoms with Crippen LogP contribution in [0.4, 0.5) is 5.82 Å². The van der Waals surface area contributed by atoms with Gasteiger partial charge in [-0.3, -0.25) is 0 Å². The predicted octanol–water partition coefficient (Wildman–Crippen LogP) is 3.55. The van der Waals surface area contributed by atoms with Crippen molar-refractivity contribution in [2.75, 3.05) is 11.9 Å². The van der Waals surface area contributed by atoms with Crippen molar-refractivity contribution in [3.8, 4) is 6.07 Å². The van der Waals surface area contributed by atoms with E-state index in [1.54, 1.807) is 12.3 Å². The Balaban J connectivity index is 2.23. The van der Waals surface area contributed by atoms with Crippen molar-refractivity contribution in [3.05, 3.63) is 58.2 Å². The maximum Gasteiger partial charge on any atom is 0.148 e. The van der Waals surface area contributed by atoms with Gasteiger partial charge in [-0.2, -0.15) is 5.26 Å². The minimum absolute atomic E-state index is 0.402. The second-order valence-electron chi connectivity index (χ2n) is 4.45. The molecule has 0 amide bonds. The lowest BCUT2D eigenvalue weighted by atomic mass is 10.1. The van der Waals surface area contributed by atoms with Gasteiger partial charge in [-0.15, -0.1) is 0 Å². The second-order valence-corrected chi connectivity index (χ2v) is 4.83. The van der Waals surface area contributed by atoms with Gasteiger partial charge in [0.25, 0.3) is 0 Å². The molecule has 0 unspecified atom stereocenters. The highest BCUT2D eigenvalue weighted by Crippen LogP contribution is 2.26. The number of pyridine rings is 1. The van der Waals surface area contributed by atoms with E-state index in [0.717, 1.165) is 0 Å². The molecule has 2 aromatic rings. The van der Waals surface area contributed by atoms with Gasteiger partial charge in [-0.05, 0) is 18.6 Å². The van der Waals surface area contributed by atoms with Crippen LogP contribution in [-0.2, 0) is 6.54 Å². The highest BCUT2D eigenvalue weighted by molar-refractivity contribution is 6.34. The van der Waals surface area contributed by atoms with Gasteiger partial charge in [0.05, 0.1) is 5.56 Å². The Hall–Kier alpha value is -2.05. The fraction of sp³-hybridized carbons (Fsp3) is 0.200. The SMILES string of the molecule is Cc1ccc(CN(C)c2nccc(C#N)c2Cl)cc1. The van der Waals surface area contributed by atoms with Gasteiger partial charge in [0.2, 0.25) is 0 Å². The number of aryl methyl sites for hydroxylation is 1. The molecule has 3 nitrogen and oxygen atoms in total. The van der Waals surface area contributed by atoms with Crippen molar-refractivity contribution in [1.29, 1.82) is 5.26 Å². The summed E-state index contributed by atoms with van der Waals surface area (Å²) in [6, 6.07) is 12.0. The third-order valence-electron chi connectivity index (χ3n) is 2.89. The lowest BCUT2D eigenvalue weighted by Crippen LogP contribution is -2.18. The molecule has 1 aromatic heterocycles. The fourth-order valence-corrected chi connectivity index (χ4v) is 2.13. The van der Waals surface area contributed by atoms with Gasteiger partial charge >= 0.3 is 0 Å². The zero-order valence-electron chi connectivity index (χ0n) is 10.9. The summed E-state index contributed by atoms with van der Waals surface area (Å²) >= 11 is 6.17. The zero-order chi connectivity index (χ0) is 13.8. The minimum Gasteiger partial charge on any atom is -0.354 e. The number of hydrogen-bond donors (Lipinski definition) is 0. The van der Waals surface area contributed by atoms with Crippen LogP contribution in [0, 0.1) is 18.3 Å². The molecular weight excluding hydrogens is 258 g/mol. The molecule has 96 valence electrons. The maximum absolute atomic E-state index is 8.96. The van der Waals surface area contributed by atoms with Crippen LogP contribution >= 0.6 is 11.6 Å². The zero-order valence-corrected chi connectivity index (χ0v) is 11.6. The molecular formula is C15H14ClN3. The molecule has 0 spiro atoms. The van der Waals surface area contributed by atoms with Gasteiger partial charge in [0, 0.05) is 19.8 Å². The summed E-state index contributed by atoms with van der Waals surface area (Å²) in [7, 11) is 1.91. The Morgan fingerprint density at radius 3 is 2.58 bits per heavy atom. The van der Waals surface area contributed by atoms with Gasteiger partial charge in [0.1, 0.15) is 16.9 Å². The van der Waals surface area contributed by atoms with E-state index in [-0.39, 0.29) is 0 Å². The van der Waals surface area contributed by atoms with Crippen LogP contribution in [0.2, 0.25) is 5.02 Å². The lowest BCUT2D eigenvalue weighted by molar-refractivity contribution is 0.897. The molecule has 0 aliphatic heterocycles. The normalized spacial score (nSPS) is 10.0. The Kier molecular flexibility index (Phi) is 4.03. The van der Waals surface area contributed by atoms with E-state index in [4.69, 9.17) is 16.9 Å². The number of benzene rings is 1.